The predicted octanol–water partition coefficient (Wildman–Crippen LogP) is 2.99. The molecule has 2 rings (SSSR count). The van der Waals surface area contributed by atoms with Crippen molar-refractivity contribution < 1.29 is 9.84 Å². The molecule has 4 heteroatoms. The monoisotopic (exact) mass is 235 g/mol. The van der Waals surface area contributed by atoms with Crippen molar-refractivity contribution in [2.75, 3.05) is 0 Å². The molecule has 3 nitrogen and oxygen atoms in total. The second-order valence-corrected chi connectivity index (χ2v) is 4.18. The van der Waals surface area contributed by atoms with Crippen molar-refractivity contribution in [3.63, 3.8) is 0 Å². The number of thiazole rings is 1. The summed E-state index contributed by atoms with van der Waals surface area (Å²) in [6.07, 6.45) is 0.920. The van der Waals surface area contributed by atoms with Gasteiger partial charge in [-0.25, -0.2) is 4.98 Å². The van der Waals surface area contributed by atoms with Crippen LogP contribution in [0.3, 0.4) is 0 Å². The van der Waals surface area contributed by atoms with E-state index in [4.69, 9.17) is 9.84 Å². The Bertz CT molecular complexity index is 450. The first kappa shape index (κ1) is 11.1. The molecule has 84 valence electrons. The molecule has 0 amide bonds. The Morgan fingerprint density at radius 1 is 1.31 bits per heavy atom. The highest BCUT2D eigenvalue weighted by Crippen LogP contribution is 2.25. The van der Waals surface area contributed by atoms with Crippen LogP contribution >= 0.6 is 11.3 Å². The van der Waals surface area contributed by atoms with Crippen LogP contribution in [0, 0.1) is 0 Å². The van der Waals surface area contributed by atoms with E-state index in [1.165, 1.54) is 11.3 Å². The molecule has 0 bridgehead atoms. The third-order valence-corrected chi connectivity index (χ3v) is 2.97. The van der Waals surface area contributed by atoms with Gasteiger partial charge in [-0.2, -0.15) is 0 Å². The van der Waals surface area contributed by atoms with E-state index in [1.54, 1.807) is 0 Å². The van der Waals surface area contributed by atoms with E-state index in [2.05, 4.69) is 11.9 Å². The van der Waals surface area contributed by atoms with Crippen LogP contribution in [-0.4, -0.2) is 10.1 Å². The fraction of sp³-hybridized carbons (Fsp3) is 0.250. The standard InChI is InChI=1S/C12H13NO2S/c1-2-10-8-16-12(13-10)15-11-5-3-9(7-14)4-6-11/h3-6,8,14H,2,7H2,1H3. The maximum atomic E-state index is 8.90. The number of aliphatic hydroxyl groups excluding tert-OH is 1. The summed E-state index contributed by atoms with van der Waals surface area (Å²) in [6.45, 7) is 2.12. The summed E-state index contributed by atoms with van der Waals surface area (Å²) in [5.74, 6) is 0.745. The molecule has 0 spiro atoms. The number of aromatic nitrogens is 1. The van der Waals surface area contributed by atoms with Crippen molar-refractivity contribution in [3.05, 3.63) is 40.9 Å². The normalized spacial score (nSPS) is 10.4. The van der Waals surface area contributed by atoms with E-state index >= 15 is 0 Å². The second kappa shape index (κ2) is 5.09. The molecule has 0 saturated heterocycles. The van der Waals surface area contributed by atoms with Crippen LogP contribution in [0.2, 0.25) is 0 Å². The van der Waals surface area contributed by atoms with Gasteiger partial charge in [0.15, 0.2) is 0 Å². The summed E-state index contributed by atoms with van der Waals surface area (Å²) in [5.41, 5.74) is 1.92. The highest BCUT2D eigenvalue weighted by molar-refractivity contribution is 7.11. The van der Waals surface area contributed by atoms with Gasteiger partial charge in [0, 0.05) is 5.38 Å². The highest BCUT2D eigenvalue weighted by Gasteiger charge is 2.02. The molecule has 1 N–H and O–H groups in total. The van der Waals surface area contributed by atoms with E-state index in [9.17, 15) is 0 Å². The van der Waals surface area contributed by atoms with Crippen molar-refractivity contribution in [2.45, 2.75) is 20.0 Å². The third-order valence-electron chi connectivity index (χ3n) is 2.20. The van der Waals surface area contributed by atoms with Gasteiger partial charge in [-0.1, -0.05) is 30.4 Å². The van der Waals surface area contributed by atoms with Crippen molar-refractivity contribution in [2.24, 2.45) is 0 Å². The molecule has 0 aliphatic carbocycles. The number of nitrogens with zero attached hydrogens (tertiary/aromatic N) is 1. The van der Waals surface area contributed by atoms with Crippen molar-refractivity contribution >= 4 is 11.3 Å². The van der Waals surface area contributed by atoms with E-state index < -0.39 is 0 Å². The molecule has 16 heavy (non-hydrogen) atoms. The Balaban J connectivity index is 2.08. The summed E-state index contributed by atoms with van der Waals surface area (Å²) in [7, 11) is 0. The van der Waals surface area contributed by atoms with Gasteiger partial charge >= 0.3 is 0 Å². The Kier molecular flexibility index (Phi) is 3.54. The molecular formula is C12H13NO2S. The van der Waals surface area contributed by atoms with Crippen molar-refractivity contribution in [3.8, 4) is 10.9 Å². The summed E-state index contributed by atoms with van der Waals surface area (Å²) < 4.78 is 5.59. The number of ether oxygens (including phenoxy) is 1. The fourth-order valence-electron chi connectivity index (χ4n) is 1.26. The maximum absolute atomic E-state index is 8.90. The molecule has 0 saturated carbocycles. The lowest BCUT2D eigenvalue weighted by molar-refractivity contribution is 0.281. The summed E-state index contributed by atoms with van der Waals surface area (Å²) >= 11 is 1.50. The Labute approximate surface area is 98.4 Å². The van der Waals surface area contributed by atoms with Crippen LogP contribution in [0.15, 0.2) is 29.6 Å². The van der Waals surface area contributed by atoms with Crippen molar-refractivity contribution in [1.82, 2.24) is 4.98 Å². The Hall–Kier alpha value is -1.39. The topological polar surface area (TPSA) is 42.4 Å². The molecule has 1 aromatic carbocycles. The minimum absolute atomic E-state index is 0.0531. The van der Waals surface area contributed by atoms with Gasteiger partial charge in [0.25, 0.3) is 5.19 Å². The Morgan fingerprint density at radius 3 is 2.62 bits per heavy atom. The average molecular weight is 235 g/mol. The summed E-state index contributed by atoms with van der Waals surface area (Å²) in [5, 5.41) is 11.6. The number of aryl methyl sites for hydroxylation is 1. The molecule has 0 atom stereocenters. The minimum Gasteiger partial charge on any atom is -0.431 e. The zero-order chi connectivity index (χ0) is 11.4. The van der Waals surface area contributed by atoms with E-state index in [1.807, 2.05) is 29.6 Å². The zero-order valence-electron chi connectivity index (χ0n) is 9.01. The van der Waals surface area contributed by atoms with Gasteiger partial charge in [-0.15, -0.1) is 0 Å². The van der Waals surface area contributed by atoms with Crippen LogP contribution in [-0.2, 0) is 13.0 Å². The quantitative estimate of drug-likeness (QED) is 0.885. The lowest BCUT2D eigenvalue weighted by Crippen LogP contribution is -1.86. The number of benzene rings is 1. The van der Waals surface area contributed by atoms with E-state index in [-0.39, 0.29) is 6.61 Å². The highest BCUT2D eigenvalue weighted by atomic mass is 32.1. The van der Waals surface area contributed by atoms with E-state index in [0.29, 0.717) is 5.19 Å². The lowest BCUT2D eigenvalue weighted by Gasteiger charge is -2.02. The predicted molar refractivity (Wildman–Crippen MR) is 63.9 cm³/mol. The largest absolute Gasteiger partial charge is 0.431 e. The average Bonchev–Trinajstić information content (AvgIpc) is 2.78. The first-order valence-electron chi connectivity index (χ1n) is 5.14. The molecule has 2 aromatic rings. The lowest BCUT2D eigenvalue weighted by atomic mass is 10.2. The number of hydrogen-bond donors (Lipinski definition) is 1. The summed E-state index contributed by atoms with van der Waals surface area (Å²) in [6, 6.07) is 7.34. The first-order valence-corrected chi connectivity index (χ1v) is 6.02. The van der Waals surface area contributed by atoms with Gasteiger partial charge in [0.05, 0.1) is 12.3 Å². The Morgan fingerprint density at radius 2 is 2.06 bits per heavy atom. The minimum atomic E-state index is 0.0531. The van der Waals surface area contributed by atoms with Gasteiger partial charge in [-0.05, 0) is 24.1 Å². The van der Waals surface area contributed by atoms with Crippen LogP contribution in [0.25, 0.3) is 0 Å². The van der Waals surface area contributed by atoms with Crippen LogP contribution < -0.4 is 4.74 Å². The third kappa shape index (κ3) is 2.59. The molecule has 1 heterocycles. The molecule has 0 aliphatic heterocycles. The van der Waals surface area contributed by atoms with Crippen LogP contribution in [0.4, 0.5) is 0 Å². The zero-order valence-corrected chi connectivity index (χ0v) is 9.83. The molecule has 0 radical (unpaired) electrons. The molecule has 0 unspecified atom stereocenters. The SMILES string of the molecule is CCc1csc(Oc2ccc(CO)cc2)n1. The van der Waals surface area contributed by atoms with Gasteiger partial charge in [0.1, 0.15) is 5.75 Å². The van der Waals surface area contributed by atoms with Gasteiger partial charge in [-0.3, -0.25) is 0 Å². The molecule has 0 aliphatic rings. The maximum Gasteiger partial charge on any atom is 0.278 e. The smallest absolute Gasteiger partial charge is 0.278 e. The number of rotatable bonds is 4. The van der Waals surface area contributed by atoms with Crippen LogP contribution in [0.1, 0.15) is 18.2 Å². The first-order chi connectivity index (χ1) is 7.81. The molecular weight excluding hydrogens is 222 g/mol. The van der Waals surface area contributed by atoms with Gasteiger partial charge in [0.2, 0.25) is 0 Å². The molecule has 0 fully saturated rings. The van der Waals surface area contributed by atoms with Crippen LogP contribution in [0.5, 0.6) is 10.9 Å². The summed E-state index contributed by atoms with van der Waals surface area (Å²) in [4.78, 5) is 4.31. The van der Waals surface area contributed by atoms with Gasteiger partial charge < -0.3 is 9.84 Å². The second-order valence-electron chi connectivity index (χ2n) is 3.36. The number of hydrogen-bond acceptors (Lipinski definition) is 4. The molecule has 1 aromatic heterocycles. The fourth-order valence-corrected chi connectivity index (χ4v) is 2.03. The van der Waals surface area contributed by atoms with E-state index in [0.717, 1.165) is 23.4 Å². The number of aliphatic hydroxyl groups is 1. The van der Waals surface area contributed by atoms with Crippen molar-refractivity contribution in [1.29, 1.82) is 0 Å².